The molecule has 0 amide bonds. The van der Waals surface area contributed by atoms with Crippen LogP contribution in [-0.2, 0) is 9.05 Å². The Balaban J connectivity index is 2.43. The van der Waals surface area contributed by atoms with Gasteiger partial charge in [-0.2, -0.15) is 0 Å². The van der Waals surface area contributed by atoms with Crippen molar-refractivity contribution in [1.29, 1.82) is 0 Å². The summed E-state index contributed by atoms with van der Waals surface area (Å²) in [5.41, 5.74) is 0.972. The Morgan fingerprint density at radius 2 is 2.00 bits per heavy atom. The van der Waals surface area contributed by atoms with Crippen LogP contribution in [0.3, 0.4) is 0 Å². The van der Waals surface area contributed by atoms with Crippen LogP contribution in [0.1, 0.15) is 5.56 Å². The molecule has 14 heavy (non-hydrogen) atoms. The van der Waals surface area contributed by atoms with E-state index in [0.717, 1.165) is 5.56 Å². The minimum absolute atomic E-state index is 0.0730. The molecule has 0 saturated heterocycles. The summed E-state index contributed by atoms with van der Waals surface area (Å²) in [6.45, 7) is 1.89. The number of thioether (sulfide) groups is 1. The van der Waals surface area contributed by atoms with E-state index < -0.39 is 9.05 Å². The number of aromatic nitrogens is 2. The monoisotopic (exact) mass is 252 g/mol. The summed E-state index contributed by atoms with van der Waals surface area (Å²) < 4.78 is 21.2. The second-order valence-corrected chi connectivity index (χ2v) is 6.59. The Bertz CT molecular complexity index is 391. The van der Waals surface area contributed by atoms with Gasteiger partial charge in [-0.05, 0) is 12.5 Å². The van der Waals surface area contributed by atoms with Gasteiger partial charge in [0.15, 0.2) is 5.16 Å². The van der Waals surface area contributed by atoms with Crippen LogP contribution >= 0.6 is 22.4 Å². The number of hydrogen-bond acceptors (Lipinski definition) is 5. The minimum Gasteiger partial charge on any atom is -0.231 e. The Morgan fingerprint density at radius 3 is 2.50 bits per heavy atom. The lowest BCUT2D eigenvalue weighted by Crippen LogP contribution is -2.00. The van der Waals surface area contributed by atoms with Gasteiger partial charge in [-0.1, -0.05) is 11.8 Å². The maximum absolute atomic E-state index is 10.6. The average molecular weight is 253 g/mol. The first-order valence-corrected chi connectivity index (χ1v) is 7.27. The molecule has 0 N–H and O–H groups in total. The van der Waals surface area contributed by atoms with E-state index in [9.17, 15) is 8.42 Å². The summed E-state index contributed by atoms with van der Waals surface area (Å²) in [6, 6.07) is 0. The fourth-order valence-corrected chi connectivity index (χ4v) is 2.82. The molecule has 0 fully saturated rings. The maximum Gasteiger partial charge on any atom is 0.233 e. The van der Waals surface area contributed by atoms with E-state index in [-0.39, 0.29) is 5.75 Å². The highest BCUT2D eigenvalue weighted by atomic mass is 35.7. The summed E-state index contributed by atoms with van der Waals surface area (Å²) in [6.07, 6.45) is 3.37. The summed E-state index contributed by atoms with van der Waals surface area (Å²) in [5.74, 6) is 0.297. The highest BCUT2D eigenvalue weighted by molar-refractivity contribution is 8.14. The molecule has 4 nitrogen and oxygen atoms in total. The topological polar surface area (TPSA) is 59.9 Å². The SMILES string of the molecule is Cc1cnc(SCCS(=O)(=O)Cl)nc1. The van der Waals surface area contributed by atoms with E-state index in [2.05, 4.69) is 9.97 Å². The number of aryl methyl sites for hydroxylation is 1. The number of nitrogens with zero attached hydrogens (tertiary/aromatic N) is 2. The zero-order chi connectivity index (χ0) is 10.6. The third-order valence-electron chi connectivity index (χ3n) is 1.32. The lowest BCUT2D eigenvalue weighted by atomic mass is 10.4. The van der Waals surface area contributed by atoms with Crippen LogP contribution in [0.4, 0.5) is 0 Å². The van der Waals surface area contributed by atoms with Crippen LogP contribution in [0.25, 0.3) is 0 Å². The summed E-state index contributed by atoms with van der Waals surface area (Å²) in [7, 11) is 1.64. The van der Waals surface area contributed by atoms with E-state index >= 15 is 0 Å². The molecule has 0 radical (unpaired) electrons. The van der Waals surface area contributed by atoms with Crippen LogP contribution in [0, 0.1) is 6.92 Å². The van der Waals surface area contributed by atoms with Gasteiger partial charge < -0.3 is 0 Å². The molecule has 1 rings (SSSR count). The molecule has 0 spiro atoms. The summed E-state index contributed by atoms with van der Waals surface area (Å²) in [4.78, 5) is 8.02. The van der Waals surface area contributed by atoms with Gasteiger partial charge in [0.25, 0.3) is 0 Å². The average Bonchev–Trinajstić information content (AvgIpc) is 2.06. The summed E-state index contributed by atoms with van der Waals surface area (Å²) >= 11 is 1.27. The maximum atomic E-state index is 10.6. The Labute approximate surface area is 91.5 Å². The smallest absolute Gasteiger partial charge is 0.231 e. The molecule has 7 heteroatoms. The van der Waals surface area contributed by atoms with Crippen LogP contribution in [0.5, 0.6) is 0 Å². The molecule has 1 heterocycles. The first-order chi connectivity index (χ1) is 6.47. The fraction of sp³-hybridized carbons (Fsp3) is 0.429. The van der Waals surface area contributed by atoms with E-state index in [0.29, 0.717) is 10.9 Å². The molecule has 0 aromatic carbocycles. The third kappa shape index (κ3) is 4.78. The summed E-state index contributed by atoms with van der Waals surface area (Å²) in [5, 5.41) is 0.566. The molecule has 0 saturated carbocycles. The van der Waals surface area contributed by atoms with Crippen LogP contribution in [0.2, 0.25) is 0 Å². The molecule has 0 aliphatic rings. The fourth-order valence-electron chi connectivity index (χ4n) is 0.688. The van der Waals surface area contributed by atoms with Crippen LogP contribution in [-0.4, -0.2) is 29.9 Å². The van der Waals surface area contributed by atoms with Crippen molar-refractivity contribution in [2.45, 2.75) is 12.1 Å². The minimum atomic E-state index is -3.41. The molecule has 1 aromatic rings. The molecule has 0 aliphatic heterocycles. The number of rotatable bonds is 4. The van der Waals surface area contributed by atoms with E-state index in [1.807, 2.05) is 6.92 Å². The zero-order valence-electron chi connectivity index (χ0n) is 7.47. The van der Waals surface area contributed by atoms with Gasteiger partial charge in [0.2, 0.25) is 9.05 Å². The molecular formula is C7H9ClN2O2S2. The van der Waals surface area contributed by atoms with Crippen molar-refractivity contribution in [2.75, 3.05) is 11.5 Å². The second-order valence-electron chi connectivity index (χ2n) is 2.63. The molecule has 0 bridgehead atoms. The van der Waals surface area contributed by atoms with Gasteiger partial charge in [0.05, 0.1) is 5.75 Å². The molecule has 0 unspecified atom stereocenters. The van der Waals surface area contributed by atoms with E-state index in [1.54, 1.807) is 12.4 Å². The standard InChI is InChI=1S/C7H9ClN2O2S2/c1-6-4-9-7(10-5-6)13-2-3-14(8,11)12/h4-5H,2-3H2,1H3. The predicted molar refractivity (Wildman–Crippen MR) is 57.1 cm³/mol. The Morgan fingerprint density at radius 1 is 1.43 bits per heavy atom. The van der Waals surface area contributed by atoms with E-state index in [4.69, 9.17) is 10.7 Å². The van der Waals surface area contributed by atoms with Gasteiger partial charge in [-0.15, -0.1) is 0 Å². The van der Waals surface area contributed by atoms with Crippen molar-refractivity contribution in [2.24, 2.45) is 0 Å². The van der Waals surface area contributed by atoms with Gasteiger partial charge in [0.1, 0.15) is 0 Å². The lowest BCUT2D eigenvalue weighted by molar-refractivity contribution is 0.611. The molecule has 78 valence electrons. The molecule has 0 aliphatic carbocycles. The van der Waals surface area contributed by atoms with Crippen molar-refractivity contribution in [3.8, 4) is 0 Å². The van der Waals surface area contributed by atoms with Gasteiger partial charge in [-0.25, -0.2) is 18.4 Å². The zero-order valence-corrected chi connectivity index (χ0v) is 9.86. The molecular weight excluding hydrogens is 244 g/mol. The Kier molecular flexibility index (Phi) is 4.15. The highest BCUT2D eigenvalue weighted by Gasteiger charge is 2.05. The highest BCUT2D eigenvalue weighted by Crippen LogP contribution is 2.13. The quantitative estimate of drug-likeness (QED) is 0.461. The van der Waals surface area contributed by atoms with Gasteiger partial charge in [0, 0.05) is 28.8 Å². The normalized spacial score (nSPS) is 11.6. The third-order valence-corrected chi connectivity index (χ3v) is 3.61. The van der Waals surface area contributed by atoms with Crippen molar-refractivity contribution < 1.29 is 8.42 Å². The van der Waals surface area contributed by atoms with Crippen molar-refractivity contribution in [3.05, 3.63) is 18.0 Å². The van der Waals surface area contributed by atoms with Gasteiger partial charge in [-0.3, -0.25) is 0 Å². The van der Waals surface area contributed by atoms with Crippen molar-refractivity contribution >= 4 is 31.5 Å². The largest absolute Gasteiger partial charge is 0.233 e. The first-order valence-electron chi connectivity index (χ1n) is 3.81. The van der Waals surface area contributed by atoms with Crippen molar-refractivity contribution in [3.63, 3.8) is 0 Å². The van der Waals surface area contributed by atoms with Crippen molar-refractivity contribution in [1.82, 2.24) is 9.97 Å². The number of halogens is 1. The Hall–Kier alpha value is -0.330. The predicted octanol–water partition coefficient (Wildman–Crippen LogP) is 1.45. The second kappa shape index (κ2) is 4.95. The molecule has 0 atom stereocenters. The van der Waals surface area contributed by atoms with E-state index in [1.165, 1.54) is 11.8 Å². The van der Waals surface area contributed by atoms with Crippen LogP contribution in [0.15, 0.2) is 17.6 Å². The van der Waals surface area contributed by atoms with Gasteiger partial charge >= 0.3 is 0 Å². The van der Waals surface area contributed by atoms with Crippen LogP contribution < -0.4 is 0 Å². The first kappa shape index (κ1) is 11.7. The molecule has 1 aromatic heterocycles. The lowest BCUT2D eigenvalue weighted by Gasteiger charge is -1.97. The number of hydrogen-bond donors (Lipinski definition) is 0.